The van der Waals surface area contributed by atoms with E-state index in [1.807, 2.05) is 0 Å². The van der Waals surface area contributed by atoms with Gasteiger partial charge in [-0.05, 0) is 55.3 Å². The van der Waals surface area contributed by atoms with Crippen molar-refractivity contribution in [3.05, 3.63) is 94.0 Å². The summed E-state index contributed by atoms with van der Waals surface area (Å²) >= 11 is 12.1. The number of rotatable bonds is 8. The number of halogens is 2. The first kappa shape index (κ1) is 26.4. The average Bonchev–Trinajstić information content (AvgIpc) is 2.89. The van der Waals surface area contributed by atoms with Gasteiger partial charge < -0.3 is 5.32 Å². The molecule has 1 saturated carbocycles. The third kappa shape index (κ3) is 6.16. The smallest absolute Gasteiger partial charge is 0.243 e. The maximum absolute atomic E-state index is 13.6. The molecule has 3 aromatic rings. The van der Waals surface area contributed by atoms with Crippen LogP contribution in [0.3, 0.4) is 0 Å². The number of nitrogens with one attached hydrogen (secondary N) is 1. The lowest BCUT2D eigenvalue weighted by Gasteiger charge is -2.33. The second kappa shape index (κ2) is 11.6. The van der Waals surface area contributed by atoms with Crippen molar-refractivity contribution < 1.29 is 18.0 Å². The van der Waals surface area contributed by atoms with Crippen molar-refractivity contribution in [2.45, 2.75) is 43.0 Å². The van der Waals surface area contributed by atoms with Gasteiger partial charge in [-0.25, -0.2) is 8.42 Å². The molecule has 1 amide bonds. The van der Waals surface area contributed by atoms with Gasteiger partial charge in [-0.1, -0.05) is 72.8 Å². The molecule has 0 aromatic heterocycles. The fraction of sp³-hybridized carbons (Fsp3) is 0.259. The second-order valence-electron chi connectivity index (χ2n) is 8.73. The van der Waals surface area contributed by atoms with Crippen molar-refractivity contribution in [1.29, 1.82) is 0 Å². The largest absolute Gasteiger partial charge is 0.324 e. The standard InChI is InChI=1S/C27H26Cl2N2O4S/c28-20-11-14-23(15-12-20)36(34,35)31(22-9-5-2-6-10-22)18-26(32)30-25-16-13-21(29)17-24(25)27(33)19-7-3-1-4-8-19/h1,3-4,7-8,11-17,22H,2,5-6,9-10,18H2,(H,30,32). The SMILES string of the molecule is O=C(CN(C1CCCCC1)S(=O)(=O)c1ccc(Cl)cc1)Nc1ccc(Cl)cc1C(=O)c1ccccc1. The first-order valence-corrected chi connectivity index (χ1v) is 13.9. The zero-order valence-corrected chi connectivity index (χ0v) is 21.8. The van der Waals surface area contributed by atoms with Gasteiger partial charge in [-0.3, -0.25) is 9.59 Å². The molecule has 188 valence electrons. The molecule has 1 aliphatic rings. The van der Waals surface area contributed by atoms with Gasteiger partial charge in [-0.2, -0.15) is 4.31 Å². The van der Waals surface area contributed by atoms with E-state index in [1.54, 1.807) is 42.5 Å². The van der Waals surface area contributed by atoms with Crippen molar-refractivity contribution in [3.63, 3.8) is 0 Å². The molecule has 1 fully saturated rings. The summed E-state index contributed by atoms with van der Waals surface area (Å²) in [6.45, 7) is -0.378. The van der Waals surface area contributed by atoms with E-state index in [0.717, 1.165) is 19.3 Å². The van der Waals surface area contributed by atoms with Gasteiger partial charge in [-0.15, -0.1) is 0 Å². The fourth-order valence-corrected chi connectivity index (χ4v) is 6.35. The highest BCUT2D eigenvalue weighted by atomic mass is 35.5. The Morgan fingerprint density at radius 1 is 0.861 bits per heavy atom. The Bertz CT molecular complexity index is 1340. The highest BCUT2D eigenvalue weighted by Gasteiger charge is 2.34. The molecule has 0 radical (unpaired) electrons. The fourth-order valence-electron chi connectivity index (χ4n) is 4.41. The number of sulfonamides is 1. The molecule has 0 atom stereocenters. The predicted molar refractivity (Wildman–Crippen MR) is 142 cm³/mol. The molecule has 0 aliphatic heterocycles. The van der Waals surface area contributed by atoms with Crippen LogP contribution in [0.15, 0.2) is 77.7 Å². The van der Waals surface area contributed by atoms with E-state index < -0.39 is 15.9 Å². The van der Waals surface area contributed by atoms with E-state index in [1.165, 1.54) is 34.6 Å². The summed E-state index contributed by atoms with van der Waals surface area (Å²) in [4.78, 5) is 26.4. The zero-order chi connectivity index (χ0) is 25.7. The molecule has 36 heavy (non-hydrogen) atoms. The van der Waals surface area contributed by atoms with E-state index in [0.29, 0.717) is 28.5 Å². The molecule has 0 unspecified atom stereocenters. The lowest BCUT2D eigenvalue weighted by molar-refractivity contribution is -0.116. The molecule has 0 spiro atoms. The third-order valence-electron chi connectivity index (χ3n) is 6.24. The lowest BCUT2D eigenvalue weighted by Crippen LogP contribution is -2.45. The van der Waals surface area contributed by atoms with E-state index in [-0.39, 0.29) is 34.5 Å². The van der Waals surface area contributed by atoms with Gasteiger partial charge in [0.1, 0.15) is 0 Å². The van der Waals surface area contributed by atoms with Gasteiger partial charge >= 0.3 is 0 Å². The first-order valence-electron chi connectivity index (χ1n) is 11.7. The Kier molecular flexibility index (Phi) is 8.46. The Hall–Kier alpha value is -2.71. The molecule has 0 saturated heterocycles. The van der Waals surface area contributed by atoms with Gasteiger partial charge in [0.15, 0.2) is 5.78 Å². The lowest BCUT2D eigenvalue weighted by atomic mass is 9.95. The van der Waals surface area contributed by atoms with Crippen molar-refractivity contribution >= 4 is 50.6 Å². The summed E-state index contributed by atoms with van der Waals surface area (Å²) in [6.07, 6.45) is 4.18. The van der Waals surface area contributed by atoms with Gasteiger partial charge in [0.05, 0.1) is 17.1 Å². The Labute approximate surface area is 221 Å². The number of hydrogen-bond acceptors (Lipinski definition) is 4. The van der Waals surface area contributed by atoms with E-state index in [9.17, 15) is 18.0 Å². The summed E-state index contributed by atoms with van der Waals surface area (Å²) in [5, 5.41) is 3.52. The van der Waals surface area contributed by atoms with Crippen LogP contribution < -0.4 is 5.32 Å². The average molecular weight is 545 g/mol. The van der Waals surface area contributed by atoms with Crippen molar-refractivity contribution in [3.8, 4) is 0 Å². The highest BCUT2D eigenvalue weighted by Crippen LogP contribution is 2.29. The molecule has 1 N–H and O–H groups in total. The molecular weight excluding hydrogens is 519 g/mol. The first-order chi connectivity index (χ1) is 17.3. The van der Waals surface area contributed by atoms with Crippen LogP contribution >= 0.6 is 23.2 Å². The maximum Gasteiger partial charge on any atom is 0.243 e. The summed E-state index contributed by atoms with van der Waals surface area (Å²) < 4.78 is 28.4. The quantitative estimate of drug-likeness (QED) is 0.343. The summed E-state index contributed by atoms with van der Waals surface area (Å²) in [5.74, 6) is -0.839. The minimum atomic E-state index is -3.96. The van der Waals surface area contributed by atoms with Crippen molar-refractivity contribution in [1.82, 2.24) is 4.31 Å². The number of carbonyl (C=O) groups is 2. The van der Waals surface area contributed by atoms with Crippen molar-refractivity contribution in [2.24, 2.45) is 0 Å². The summed E-state index contributed by atoms with van der Waals surface area (Å²) in [6, 6.07) is 18.9. The molecule has 4 rings (SSSR count). The normalized spacial score (nSPS) is 14.5. The maximum atomic E-state index is 13.6. The van der Waals surface area contributed by atoms with E-state index in [4.69, 9.17) is 23.2 Å². The van der Waals surface area contributed by atoms with Crippen molar-refractivity contribution in [2.75, 3.05) is 11.9 Å². The molecule has 9 heteroatoms. The number of ketones is 1. The molecule has 0 bridgehead atoms. The minimum Gasteiger partial charge on any atom is -0.324 e. The number of anilines is 1. The van der Waals surface area contributed by atoms with Crippen LogP contribution in [-0.2, 0) is 14.8 Å². The predicted octanol–water partition coefficient (Wildman–Crippen LogP) is 6.19. The van der Waals surface area contributed by atoms with Crippen LogP contribution in [0, 0.1) is 0 Å². The Morgan fingerprint density at radius 2 is 1.50 bits per heavy atom. The molecule has 6 nitrogen and oxygen atoms in total. The molecular formula is C27H26Cl2N2O4S. The van der Waals surface area contributed by atoms with E-state index >= 15 is 0 Å². The number of amides is 1. The molecule has 1 aliphatic carbocycles. The minimum absolute atomic E-state index is 0.0803. The van der Waals surface area contributed by atoms with Crippen LogP contribution in [-0.4, -0.2) is 37.0 Å². The van der Waals surface area contributed by atoms with Crippen LogP contribution in [0.2, 0.25) is 10.0 Å². The van der Waals surface area contributed by atoms with Gasteiger partial charge in [0.25, 0.3) is 0 Å². The van der Waals surface area contributed by atoms with Gasteiger partial charge in [0.2, 0.25) is 15.9 Å². The van der Waals surface area contributed by atoms with Crippen LogP contribution in [0.5, 0.6) is 0 Å². The molecule has 0 heterocycles. The second-order valence-corrected chi connectivity index (χ2v) is 11.5. The topological polar surface area (TPSA) is 83.6 Å². The summed E-state index contributed by atoms with van der Waals surface area (Å²) in [5.41, 5.74) is 0.946. The zero-order valence-electron chi connectivity index (χ0n) is 19.5. The van der Waals surface area contributed by atoms with Crippen LogP contribution in [0.4, 0.5) is 5.69 Å². The van der Waals surface area contributed by atoms with E-state index in [2.05, 4.69) is 5.32 Å². The Balaban J connectivity index is 1.61. The summed E-state index contributed by atoms with van der Waals surface area (Å²) in [7, 11) is -3.96. The number of nitrogens with zero attached hydrogens (tertiary/aromatic N) is 1. The molecule has 3 aromatic carbocycles. The Morgan fingerprint density at radius 3 is 2.17 bits per heavy atom. The number of carbonyl (C=O) groups excluding carboxylic acids is 2. The number of hydrogen-bond donors (Lipinski definition) is 1. The third-order valence-corrected chi connectivity index (χ3v) is 8.64. The highest BCUT2D eigenvalue weighted by molar-refractivity contribution is 7.89. The van der Waals surface area contributed by atoms with Crippen LogP contribution in [0.1, 0.15) is 48.0 Å². The van der Waals surface area contributed by atoms with Gasteiger partial charge in [0, 0.05) is 27.2 Å². The number of benzene rings is 3. The van der Waals surface area contributed by atoms with Crippen LogP contribution in [0.25, 0.3) is 0 Å². The monoisotopic (exact) mass is 544 g/mol.